The van der Waals surface area contributed by atoms with E-state index in [0.717, 1.165) is 18.7 Å². The molecule has 0 aromatic heterocycles. The number of rotatable bonds is 3. The van der Waals surface area contributed by atoms with Crippen molar-refractivity contribution in [3.63, 3.8) is 0 Å². The van der Waals surface area contributed by atoms with Gasteiger partial charge < -0.3 is 5.32 Å². The Balaban J connectivity index is 0.000000437. The minimum Gasteiger partial charge on any atom is -0.317 e. The largest absolute Gasteiger partial charge is 0.317 e. The lowest BCUT2D eigenvalue weighted by Crippen LogP contribution is -2.09. The summed E-state index contributed by atoms with van der Waals surface area (Å²) in [5.74, 6) is 5.51. The van der Waals surface area contributed by atoms with Gasteiger partial charge in [0.05, 0.1) is 4.92 Å². The minimum atomic E-state index is -0.427. The molecule has 0 aliphatic rings. The second kappa shape index (κ2) is 9.37. The van der Waals surface area contributed by atoms with E-state index in [1.165, 1.54) is 12.1 Å². The quantitative estimate of drug-likeness (QED) is 0.497. The van der Waals surface area contributed by atoms with Crippen LogP contribution in [0.3, 0.4) is 0 Å². The van der Waals surface area contributed by atoms with Gasteiger partial charge in [0, 0.05) is 17.7 Å². The molecule has 0 atom stereocenters. The molecule has 0 unspecified atom stereocenters. The number of hydrogen-bond donors (Lipinski definition) is 1. The smallest absolute Gasteiger partial charge is 0.269 e. The van der Waals surface area contributed by atoms with E-state index in [9.17, 15) is 10.1 Å². The van der Waals surface area contributed by atoms with E-state index >= 15 is 0 Å². The lowest BCUT2D eigenvalue weighted by Gasteiger charge is -1.90. The molecule has 0 radical (unpaired) electrons. The monoisotopic (exact) mass is 234 g/mol. The first kappa shape index (κ1) is 15.1. The van der Waals surface area contributed by atoms with Gasteiger partial charge in [0.1, 0.15) is 0 Å². The van der Waals surface area contributed by atoms with Gasteiger partial charge in [0.15, 0.2) is 0 Å². The summed E-state index contributed by atoms with van der Waals surface area (Å²) in [7, 11) is 0. The van der Waals surface area contributed by atoms with Crippen molar-refractivity contribution in [2.45, 2.75) is 20.8 Å². The number of nitrogens with one attached hydrogen (secondary N) is 1. The van der Waals surface area contributed by atoms with Crippen LogP contribution in [0.2, 0.25) is 0 Å². The van der Waals surface area contributed by atoms with Crippen LogP contribution in [0.15, 0.2) is 24.3 Å². The van der Waals surface area contributed by atoms with Crippen LogP contribution in [-0.2, 0) is 0 Å². The summed E-state index contributed by atoms with van der Waals surface area (Å²) in [5.41, 5.74) is 0.889. The Hall–Kier alpha value is -1.86. The summed E-state index contributed by atoms with van der Waals surface area (Å²) in [6.45, 7) is 8.11. The van der Waals surface area contributed by atoms with E-state index in [1.54, 1.807) is 19.1 Å². The van der Waals surface area contributed by atoms with Gasteiger partial charge in [-0.3, -0.25) is 10.1 Å². The first-order valence-electron chi connectivity index (χ1n) is 5.53. The number of non-ortho nitro benzene ring substituents is 1. The first-order chi connectivity index (χ1) is 8.15. The van der Waals surface area contributed by atoms with Crippen LogP contribution in [-0.4, -0.2) is 18.0 Å². The molecule has 0 fully saturated rings. The second-order valence-electron chi connectivity index (χ2n) is 3.14. The van der Waals surface area contributed by atoms with Gasteiger partial charge in [-0.1, -0.05) is 19.8 Å². The molecule has 0 spiro atoms. The van der Waals surface area contributed by atoms with Crippen molar-refractivity contribution < 1.29 is 4.92 Å². The van der Waals surface area contributed by atoms with Gasteiger partial charge in [-0.05, 0) is 32.1 Å². The Morgan fingerprint density at radius 2 is 1.76 bits per heavy atom. The number of nitro groups is 1. The van der Waals surface area contributed by atoms with Gasteiger partial charge in [-0.2, -0.15) is 0 Å². The van der Waals surface area contributed by atoms with E-state index in [4.69, 9.17) is 0 Å². The third-order valence-electron chi connectivity index (χ3n) is 1.85. The number of nitro benzene ring substituents is 1. The molecule has 1 aromatic carbocycles. The van der Waals surface area contributed by atoms with E-state index in [-0.39, 0.29) is 5.69 Å². The van der Waals surface area contributed by atoms with Crippen molar-refractivity contribution >= 4 is 5.69 Å². The molecule has 4 heteroatoms. The Morgan fingerprint density at radius 3 is 2.06 bits per heavy atom. The highest BCUT2D eigenvalue weighted by Gasteiger charge is 2.01. The Kier molecular flexibility index (Phi) is 8.35. The van der Waals surface area contributed by atoms with Crippen LogP contribution >= 0.6 is 0 Å². The summed E-state index contributed by atoms with van der Waals surface area (Å²) < 4.78 is 0. The van der Waals surface area contributed by atoms with Gasteiger partial charge in [0.25, 0.3) is 5.69 Å². The fourth-order valence-corrected chi connectivity index (χ4v) is 1.06. The van der Waals surface area contributed by atoms with Crippen LogP contribution in [0, 0.1) is 22.0 Å². The predicted molar refractivity (Wildman–Crippen MR) is 69.9 cm³/mol. The molecule has 0 bridgehead atoms. The summed E-state index contributed by atoms with van der Waals surface area (Å²) in [4.78, 5) is 9.81. The SMILES string of the molecule is CC#Cc1ccc([N+](=O)[O-])cc1.CCNCC. The van der Waals surface area contributed by atoms with Gasteiger partial charge in [0.2, 0.25) is 0 Å². The molecule has 0 amide bonds. The fourth-order valence-electron chi connectivity index (χ4n) is 1.06. The normalized spacial score (nSPS) is 8.41. The van der Waals surface area contributed by atoms with Crippen LogP contribution in [0.25, 0.3) is 0 Å². The van der Waals surface area contributed by atoms with E-state index < -0.39 is 4.92 Å². The van der Waals surface area contributed by atoms with Crippen molar-refractivity contribution in [2.75, 3.05) is 13.1 Å². The molecular weight excluding hydrogens is 216 g/mol. The molecule has 1 N–H and O–H groups in total. The van der Waals surface area contributed by atoms with E-state index in [1.807, 2.05) is 0 Å². The maximum atomic E-state index is 10.2. The predicted octanol–water partition coefficient (Wildman–Crippen LogP) is 2.58. The van der Waals surface area contributed by atoms with Crippen LogP contribution in [0.4, 0.5) is 5.69 Å². The van der Waals surface area contributed by atoms with Crippen molar-refractivity contribution in [3.8, 4) is 11.8 Å². The Labute approximate surface area is 102 Å². The average Bonchev–Trinajstić information content (AvgIpc) is 2.32. The number of hydrogen-bond acceptors (Lipinski definition) is 3. The molecule has 0 heterocycles. The van der Waals surface area contributed by atoms with Crippen molar-refractivity contribution in [2.24, 2.45) is 0 Å². The lowest BCUT2D eigenvalue weighted by molar-refractivity contribution is -0.384. The third kappa shape index (κ3) is 7.09. The molecule has 92 valence electrons. The maximum Gasteiger partial charge on any atom is 0.269 e. The van der Waals surface area contributed by atoms with Gasteiger partial charge in [-0.25, -0.2) is 0 Å². The molecule has 1 rings (SSSR count). The highest BCUT2D eigenvalue weighted by atomic mass is 16.6. The summed E-state index contributed by atoms with van der Waals surface area (Å²) in [6.07, 6.45) is 0. The van der Waals surface area contributed by atoms with Gasteiger partial charge >= 0.3 is 0 Å². The van der Waals surface area contributed by atoms with Crippen molar-refractivity contribution in [1.29, 1.82) is 0 Å². The molecule has 1 aromatic rings. The van der Waals surface area contributed by atoms with Crippen LogP contribution < -0.4 is 5.32 Å². The lowest BCUT2D eigenvalue weighted by atomic mass is 10.2. The zero-order valence-corrected chi connectivity index (χ0v) is 10.5. The van der Waals surface area contributed by atoms with Gasteiger partial charge in [-0.15, -0.1) is 5.92 Å². The first-order valence-corrected chi connectivity index (χ1v) is 5.53. The molecule has 0 aliphatic carbocycles. The van der Waals surface area contributed by atoms with Crippen LogP contribution in [0.1, 0.15) is 26.3 Å². The zero-order valence-electron chi connectivity index (χ0n) is 10.5. The van der Waals surface area contributed by atoms with Crippen molar-refractivity contribution in [3.05, 3.63) is 39.9 Å². The fraction of sp³-hybridized carbons (Fsp3) is 0.385. The standard InChI is InChI=1S/C9H7NO2.C4H11N/c1-2-3-8-4-6-9(7-5-8)10(11)12;1-3-5-4-2/h4-7H,1H3;5H,3-4H2,1-2H3. The number of benzene rings is 1. The molecule has 4 nitrogen and oxygen atoms in total. The Bertz CT molecular complexity index is 386. The topological polar surface area (TPSA) is 55.2 Å². The average molecular weight is 234 g/mol. The van der Waals surface area contributed by atoms with Crippen molar-refractivity contribution in [1.82, 2.24) is 5.32 Å². The van der Waals surface area contributed by atoms with Crippen LogP contribution in [0.5, 0.6) is 0 Å². The molecule has 0 saturated carbocycles. The van der Waals surface area contributed by atoms with E-state index in [0.29, 0.717) is 0 Å². The summed E-state index contributed by atoms with van der Waals surface area (Å²) in [5, 5.41) is 13.4. The summed E-state index contributed by atoms with van der Waals surface area (Å²) >= 11 is 0. The summed E-state index contributed by atoms with van der Waals surface area (Å²) in [6, 6.07) is 6.16. The maximum absolute atomic E-state index is 10.2. The molecule has 0 aliphatic heterocycles. The Morgan fingerprint density at radius 1 is 1.24 bits per heavy atom. The molecular formula is C13H18N2O2. The zero-order chi connectivity index (χ0) is 13.1. The highest BCUT2D eigenvalue weighted by Crippen LogP contribution is 2.10. The second-order valence-corrected chi connectivity index (χ2v) is 3.14. The number of nitrogens with zero attached hydrogens (tertiary/aromatic N) is 1. The highest BCUT2D eigenvalue weighted by molar-refractivity contribution is 5.40. The minimum absolute atomic E-state index is 0.0941. The van der Waals surface area contributed by atoms with E-state index in [2.05, 4.69) is 31.0 Å². The molecule has 0 saturated heterocycles. The molecule has 17 heavy (non-hydrogen) atoms. The third-order valence-corrected chi connectivity index (χ3v) is 1.85.